The number of nitrogens with one attached hydrogen (secondary N) is 2. The maximum absolute atomic E-state index is 11.0. The highest BCUT2D eigenvalue weighted by molar-refractivity contribution is 9.09. The maximum Gasteiger partial charge on any atom is 0.328 e. The van der Waals surface area contributed by atoms with Gasteiger partial charge in [0.15, 0.2) is 0 Å². The van der Waals surface area contributed by atoms with Crippen LogP contribution in [0, 0.1) is 5.92 Å². The van der Waals surface area contributed by atoms with Crippen molar-refractivity contribution in [1.82, 2.24) is 10.6 Å². The third-order valence-corrected chi connectivity index (χ3v) is 1.96. The summed E-state index contributed by atoms with van der Waals surface area (Å²) in [5.41, 5.74) is 0. The summed E-state index contributed by atoms with van der Waals surface area (Å²) < 4.78 is 0. The average Bonchev–Trinajstić information content (AvgIpc) is 1.96. The first-order valence-electron chi connectivity index (χ1n) is 3.37. The monoisotopic (exact) mass is 234 g/mol. The molecule has 0 aromatic carbocycles. The van der Waals surface area contributed by atoms with Crippen LogP contribution in [0.4, 0.5) is 4.79 Å². The normalized spacial score (nSPS) is 18.9. The summed E-state index contributed by atoms with van der Waals surface area (Å²) in [5.74, 6) is -1.80. The largest absolute Gasteiger partial charge is 0.328 e. The smallest absolute Gasteiger partial charge is 0.277 e. The molecule has 0 saturated carbocycles. The Labute approximate surface area is 77.0 Å². The minimum Gasteiger partial charge on any atom is -0.277 e. The number of barbiturate groups is 1. The molecule has 1 heterocycles. The van der Waals surface area contributed by atoms with Crippen molar-refractivity contribution in [1.29, 1.82) is 0 Å². The number of urea groups is 1. The predicted molar refractivity (Wildman–Crippen MR) is 43.6 cm³/mol. The number of halogens is 1. The lowest BCUT2D eigenvalue weighted by atomic mass is 10.0. The minimum absolute atomic E-state index is 0.394. The molecule has 1 rings (SSSR count). The zero-order chi connectivity index (χ0) is 9.14. The Hall–Kier alpha value is -0.910. The second kappa shape index (κ2) is 3.66. The van der Waals surface area contributed by atoms with E-state index in [4.69, 9.17) is 0 Å². The van der Waals surface area contributed by atoms with Crippen molar-refractivity contribution in [2.75, 3.05) is 5.33 Å². The molecule has 1 fully saturated rings. The van der Waals surface area contributed by atoms with Gasteiger partial charge >= 0.3 is 6.03 Å². The summed E-state index contributed by atoms with van der Waals surface area (Å²) in [7, 11) is 0. The highest BCUT2D eigenvalue weighted by Crippen LogP contribution is 2.08. The highest BCUT2D eigenvalue weighted by Gasteiger charge is 2.33. The second-order valence-electron chi connectivity index (χ2n) is 2.34. The molecular formula is C6H7BrN2O3. The molecule has 0 aromatic heterocycles. The van der Waals surface area contributed by atoms with Crippen LogP contribution in [0.1, 0.15) is 6.42 Å². The molecular weight excluding hydrogens is 228 g/mol. The molecule has 0 aliphatic carbocycles. The number of carbonyl (C=O) groups is 3. The third kappa shape index (κ3) is 1.82. The molecule has 0 bridgehead atoms. The average molecular weight is 235 g/mol. The van der Waals surface area contributed by atoms with Crippen LogP contribution in [0.3, 0.4) is 0 Å². The molecule has 1 aliphatic rings. The van der Waals surface area contributed by atoms with E-state index >= 15 is 0 Å². The van der Waals surface area contributed by atoms with Crippen LogP contribution in [0.25, 0.3) is 0 Å². The fourth-order valence-corrected chi connectivity index (χ4v) is 1.38. The molecule has 0 spiro atoms. The number of rotatable bonds is 2. The first-order valence-corrected chi connectivity index (χ1v) is 4.49. The lowest BCUT2D eigenvalue weighted by Crippen LogP contribution is -2.55. The van der Waals surface area contributed by atoms with E-state index in [9.17, 15) is 14.4 Å². The van der Waals surface area contributed by atoms with Gasteiger partial charge < -0.3 is 0 Å². The van der Waals surface area contributed by atoms with Gasteiger partial charge in [-0.2, -0.15) is 0 Å². The fraction of sp³-hybridized carbons (Fsp3) is 0.500. The quantitative estimate of drug-likeness (QED) is 0.512. The Kier molecular flexibility index (Phi) is 2.80. The van der Waals surface area contributed by atoms with Gasteiger partial charge in [0.05, 0.1) is 0 Å². The molecule has 0 aromatic rings. The summed E-state index contributed by atoms with van der Waals surface area (Å²) in [6.07, 6.45) is 0.394. The standard InChI is InChI=1S/C6H7BrN2O3/c7-2-1-3-4(10)8-6(12)9-5(3)11/h3H,1-2H2,(H2,8,9,10,11,12). The van der Waals surface area contributed by atoms with Gasteiger partial charge in [0.1, 0.15) is 5.92 Å². The van der Waals surface area contributed by atoms with Crippen molar-refractivity contribution in [2.24, 2.45) is 5.92 Å². The lowest BCUT2D eigenvalue weighted by Gasteiger charge is -2.19. The van der Waals surface area contributed by atoms with Crippen molar-refractivity contribution < 1.29 is 14.4 Å². The molecule has 66 valence electrons. The number of alkyl halides is 1. The van der Waals surface area contributed by atoms with E-state index in [1.165, 1.54) is 0 Å². The summed E-state index contributed by atoms with van der Waals surface area (Å²) >= 11 is 3.11. The number of hydrogen-bond acceptors (Lipinski definition) is 3. The van der Waals surface area contributed by atoms with Crippen LogP contribution in [-0.2, 0) is 9.59 Å². The van der Waals surface area contributed by atoms with Gasteiger partial charge in [0, 0.05) is 5.33 Å². The summed E-state index contributed by atoms with van der Waals surface area (Å²) in [6.45, 7) is 0. The van der Waals surface area contributed by atoms with E-state index in [0.717, 1.165) is 0 Å². The molecule has 5 nitrogen and oxygen atoms in total. The molecule has 6 heteroatoms. The van der Waals surface area contributed by atoms with E-state index in [2.05, 4.69) is 15.9 Å². The molecule has 0 atom stereocenters. The topological polar surface area (TPSA) is 75.3 Å². The first-order chi connectivity index (χ1) is 5.65. The van der Waals surface area contributed by atoms with Crippen molar-refractivity contribution in [3.05, 3.63) is 0 Å². The summed E-state index contributed by atoms with van der Waals surface area (Å²) in [6, 6.07) is -0.740. The molecule has 0 unspecified atom stereocenters. The zero-order valence-corrected chi connectivity index (χ0v) is 7.68. The maximum atomic E-state index is 11.0. The number of carbonyl (C=O) groups excluding carboxylic acids is 3. The fourth-order valence-electron chi connectivity index (χ4n) is 0.920. The Bertz CT molecular complexity index is 221. The van der Waals surface area contributed by atoms with Crippen LogP contribution in [0.5, 0.6) is 0 Å². The van der Waals surface area contributed by atoms with Crippen molar-refractivity contribution in [3.63, 3.8) is 0 Å². The van der Waals surface area contributed by atoms with Crippen LogP contribution in [-0.4, -0.2) is 23.2 Å². The van der Waals surface area contributed by atoms with Crippen molar-refractivity contribution in [2.45, 2.75) is 6.42 Å². The van der Waals surface area contributed by atoms with Gasteiger partial charge in [-0.25, -0.2) is 4.79 Å². The second-order valence-corrected chi connectivity index (χ2v) is 3.13. The van der Waals surface area contributed by atoms with E-state index < -0.39 is 23.8 Å². The van der Waals surface area contributed by atoms with E-state index in [-0.39, 0.29) is 0 Å². The van der Waals surface area contributed by atoms with E-state index in [0.29, 0.717) is 11.8 Å². The zero-order valence-electron chi connectivity index (χ0n) is 6.09. The molecule has 0 radical (unpaired) electrons. The lowest BCUT2D eigenvalue weighted by molar-refractivity contribution is -0.135. The SMILES string of the molecule is O=C1NC(=O)C(CCBr)C(=O)N1. The van der Waals surface area contributed by atoms with Gasteiger partial charge in [-0.05, 0) is 6.42 Å². The third-order valence-electron chi connectivity index (χ3n) is 1.50. The molecule has 1 saturated heterocycles. The summed E-state index contributed by atoms with van der Waals surface area (Å²) in [4.78, 5) is 32.5. The minimum atomic E-state index is -0.748. The molecule has 12 heavy (non-hydrogen) atoms. The van der Waals surface area contributed by atoms with Crippen LogP contribution >= 0.6 is 15.9 Å². The van der Waals surface area contributed by atoms with Gasteiger partial charge in [0.25, 0.3) is 0 Å². The van der Waals surface area contributed by atoms with Crippen LogP contribution < -0.4 is 10.6 Å². The van der Waals surface area contributed by atoms with Crippen molar-refractivity contribution in [3.8, 4) is 0 Å². The summed E-state index contributed by atoms with van der Waals surface area (Å²) in [5, 5.41) is 4.58. The number of hydrogen-bond donors (Lipinski definition) is 2. The highest BCUT2D eigenvalue weighted by atomic mass is 79.9. The van der Waals surface area contributed by atoms with E-state index in [1.54, 1.807) is 0 Å². The van der Waals surface area contributed by atoms with Crippen molar-refractivity contribution >= 4 is 33.8 Å². The Morgan fingerprint density at radius 3 is 2.08 bits per heavy atom. The van der Waals surface area contributed by atoms with Crippen LogP contribution in [0.2, 0.25) is 0 Å². The van der Waals surface area contributed by atoms with E-state index in [1.807, 2.05) is 10.6 Å². The van der Waals surface area contributed by atoms with Gasteiger partial charge in [-0.3, -0.25) is 20.2 Å². The number of amides is 4. The van der Waals surface area contributed by atoms with Gasteiger partial charge in [-0.1, -0.05) is 15.9 Å². The van der Waals surface area contributed by atoms with Crippen LogP contribution in [0.15, 0.2) is 0 Å². The predicted octanol–water partition coefficient (Wildman–Crippen LogP) is -0.246. The van der Waals surface area contributed by atoms with Gasteiger partial charge in [0.2, 0.25) is 11.8 Å². The Morgan fingerprint density at radius 1 is 1.17 bits per heavy atom. The molecule has 1 aliphatic heterocycles. The molecule has 4 amide bonds. The first kappa shape index (κ1) is 9.18. The Balaban J connectivity index is 2.67. The van der Waals surface area contributed by atoms with Gasteiger partial charge in [-0.15, -0.1) is 0 Å². The Morgan fingerprint density at radius 2 is 1.67 bits per heavy atom. The number of imide groups is 2. The molecule has 2 N–H and O–H groups in total.